The van der Waals surface area contributed by atoms with E-state index in [1.807, 2.05) is 11.8 Å². The summed E-state index contributed by atoms with van der Waals surface area (Å²) in [5, 5.41) is 3.75. The van der Waals surface area contributed by atoms with E-state index >= 15 is 0 Å². The number of rotatable bonds is 3. The molecule has 1 nitrogen and oxygen atoms in total. The fourth-order valence-corrected chi connectivity index (χ4v) is 3.14. The van der Waals surface area contributed by atoms with Crippen molar-refractivity contribution in [1.82, 2.24) is 5.32 Å². The molecule has 2 atom stereocenters. The first-order valence-corrected chi connectivity index (χ1v) is 7.25. The Morgan fingerprint density at radius 2 is 2.00 bits per heavy atom. The van der Waals surface area contributed by atoms with Crippen LogP contribution in [0.1, 0.15) is 37.9 Å². The Balaban J connectivity index is 2.13. The van der Waals surface area contributed by atoms with Crippen molar-refractivity contribution >= 4 is 11.8 Å². The van der Waals surface area contributed by atoms with E-state index in [2.05, 4.69) is 50.4 Å². The third kappa shape index (κ3) is 2.61. The van der Waals surface area contributed by atoms with Crippen molar-refractivity contribution in [3.05, 3.63) is 35.4 Å². The van der Waals surface area contributed by atoms with Crippen molar-refractivity contribution in [1.29, 1.82) is 0 Å². The smallest absolute Gasteiger partial charge is 0.0417 e. The molecule has 0 aliphatic carbocycles. The van der Waals surface area contributed by atoms with Gasteiger partial charge in [-0.2, -0.15) is 11.8 Å². The van der Waals surface area contributed by atoms with Gasteiger partial charge in [-0.15, -0.1) is 0 Å². The first-order chi connectivity index (χ1) is 7.68. The molecule has 1 aromatic carbocycles. The van der Waals surface area contributed by atoms with Crippen LogP contribution < -0.4 is 5.32 Å². The van der Waals surface area contributed by atoms with Crippen LogP contribution >= 0.6 is 11.8 Å². The molecule has 0 bridgehead atoms. The van der Waals surface area contributed by atoms with Crippen LogP contribution in [0.25, 0.3) is 0 Å². The summed E-state index contributed by atoms with van der Waals surface area (Å²) >= 11 is 2.04. The van der Waals surface area contributed by atoms with Crippen LogP contribution in [-0.2, 0) is 5.75 Å². The number of hydrogen-bond donors (Lipinski definition) is 1. The normalized spacial score (nSPS) is 21.9. The maximum Gasteiger partial charge on any atom is 0.0417 e. The predicted octanol–water partition coefficient (Wildman–Crippen LogP) is 3.61. The molecule has 0 radical (unpaired) electrons. The molecule has 0 spiro atoms. The van der Waals surface area contributed by atoms with Gasteiger partial charge >= 0.3 is 0 Å². The molecule has 1 aliphatic rings. The largest absolute Gasteiger partial charge is 0.306 e. The Morgan fingerprint density at radius 3 is 2.75 bits per heavy atom. The minimum Gasteiger partial charge on any atom is -0.306 e. The molecule has 2 rings (SSSR count). The Morgan fingerprint density at radius 1 is 1.25 bits per heavy atom. The summed E-state index contributed by atoms with van der Waals surface area (Å²) in [5.74, 6) is 3.07. The van der Waals surface area contributed by atoms with E-state index in [4.69, 9.17) is 0 Å². The molecular formula is C14H21NS. The highest BCUT2D eigenvalue weighted by Crippen LogP contribution is 2.31. The van der Waals surface area contributed by atoms with Crippen LogP contribution in [-0.4, -0.2) is 11.8 Å². The molecule has 2 heteroatoms. The molecule has 0 saturated carbocycles. The lowest BCUT2D eigenvalue weighted by molar-refractivity contribution is 0.390. The van der Waals surface area contributed by atoms with Crippen LogP contribution in [0.4, 0.5) is 0 Å². The van der Waals surface area contributed by atoms with Crippen molar-refractivity contribution < 1.29 is 0 Å². The SMILES string of the molecule is CC(C)C(C)NC1CSCc2ccccc21. The van der Waals surface area contributed by atoms with Gasteiger partial charge in [-0.3, -0.25) is 0 Å². The van der Waals surface area contributed by atoms with Crippen molar-refractivity contribution in [3.8, 4) is 0 Å². The number of hydrogen-bond acceptors (Lipinski definition) is 2. The maximum absolute atomic E-state index is 3.75. The summed E-state index contributed by atoms with van der Waals surface area (Å²) in [4.78, 5) is 0. The molecule has 1 aromatic rings. The summed E-state index contributed by atoms with van der Waals surface area (Å²) in [5.41, 5.74) is 3.01. The van der Waals surface area contributed by atoms with E-state index in [0.717, 1.165) is 0 Å². The van der Waals surface area contributed by atoms with Gasteiger partial charge in [-0.1, -0.05) is 38.1 Å². The van der Waals surface area contributed by atoms with E-state index in [-0.39, 0.29) is 0 Å². The maximum atomic E-state index is 3.75. The van der Waals surface area contributed by atoms with E-state index in [9.17, 15) is 0 Å². The van der Waals surface area contributed by atoms with Gasteiger partial charge in [0, 0.05) is 23.6 Å². The molecule has 1 aliphatic heterocycles. The van der Waals surface area contributed by atoms with Gasteiger partial charge < -0.3 is 5.32 Å². The fourth-order valence-electron chi connectivity index (χ4n) is 2.03. The van der Waals surface area contributed by atoms with Crippen LogP contribution in [0.3, 0.4) is 0 Å². The van der Waals surface area contributed by atoms with E-state index in [1.54, 1.807) is 0 Å². The van der Waals surface area contributed by atoms with Crippen molar-refractivity contribution in [2.24, 2.45) is 5.92 Å². The summed E-state index contributed by atoms with van der Waals surface area (Å²) in [6.07, 6.45) is 0. The monoisotopic (exact) mass is 235 g/mol. The number of nitrogens with one attached hydrogen (secondary N) is 1. The standard InChI is InChI=1S/C14H21NS/c1-10(2)11(3)15-14-9-16-8-12-6-4-5-7-13(12)14/h4-7,10-11,14-15H,8-9H2,1-3H3. The van der Waals surface area contributed by atoms with Gasteiger partial charge in [0.1, 0.15) is 0 Å². The Bertz CT molecular complexity index is 348. The van der Waals surface area contributed by atoms with Gasteiger partial charge in [-0.25, -0.2) is 0 Å². The first-order valence-electron chi connectivity index (χ1n) is 6.10. The van der Waals surface area contributed by atoms with Crippen LogP contribution in [0.15, 0.2) is 24.3 Å². The minimum absolute atomic E-state index is 0.535. The zero-order chi connectivity index (χ0) is 11.5. The summed E-state index contributed by atoms with van der Waals surface area (Å²) < 4.78 is 0. The van der Waals surface area contributed by atoms with E-state index < -0.39 is 0 Å². The summed E-state index contributed by atoms with van der Waals surface area (Å²) in [7, 11) is 0. The summed E-state index contributed by atoms with van der Waals surface area (Å²) in [6.45, 7) is 6.84. The van der Waals surface area contributed by atoms with Gasteiger partial charge in [0.25, 0.3) is 0 Å². The van der Waals surface area contributed by atoms with Gasteiger partial charge in [0.2, 0.25) is 0 Å². The van der Waals surface area contributed by atoms with Crippen LogP contribution in [0.2, 0.25) is 0 Å². The third-order valence-electron chi connectivity index (χ3n) is 3.44. The van der Waals surface area contributed by atoms with Gasteiger partial charge in [0.05, 0.1) is 0 Å². The van der Waals surface area contributed by atoms with Gasteiger partial charge in [-0.05, 0) is 24.0 Å². The van der Waals surface area contributed by atoms with Crippen LogP contribution in [0.5, 0.6) is 0 Å². The zero-order valence-corrected chi connectivity index (χ0v) is 11.2. The van der Waals surface area contributed by atoms with E-state index in [1.165, 1.54) is 22.6 Å². The zero-order valence-electron chi connectivity index (χ0n) is 10.4. The average Bonchev–Trinajstić information content (AvgIpc) is 2.29. The first kappa shape index (κ1) is 12.0. The Hall–Kier alpha value is -0.470. The molecular weight excluding hydrogens is 214 g/mol. The fraction of sp³-hybridized carbons (Fsp3) is 0.571. The second kappa shape index (κ2) is 5.24. The molecule has 1 heterocycles. The molecule has 0 amide bonds. The van der Waals surface area contributed by atoms with Crippen LogP contribution in [0, 0.1) is 5.92 Å². The lowest BCUT2D eigenvalue weighted by Gasteiger charge is -2.30. The van der Waals surface area contributed by atoms with E-state index in [0.29, 0.717) is 18.0 Å². The lowest BCUT2D eigenvalue weighted by Crippen LogP contribution is -2.36. The predicted molar refractivity (Wildman–Crippen MR) is 72.8 cm³/mol. The molecule has 88 valence electrons. The van der Waals surface area contributed by atoms with Gasteiger partial charge in [0.15, 0.2) is 0 Å². The Labute approximate surface area is 103 Å². The number of benzene rings is 1. The third-order valence-corrected chi connectivity index (χ3v) is 4.52. The highest BCUT2D eigenvalue weighted by Gasteiger charge is 2.21. The number of thioether (sulfide) groups is 1. The molecule has 0 fully saturated rings. The lowest BCUT2D eigenvalue weighted by atomic mass is 9.99. The van der Waals surface area contributed by atoms with Crippen molar-refractivity contribution in [2.75, 3.05) is 5.75 Å². The topological polar surface area (TPSA) is 12.0 Å². The molecule has 1 N–H and O–H groups in total. The summed E-state index contributed by atoms with van der Waals surface area (Å²) in [6, 6.07) is 9.96. The Kier molecular flexibility index (Phi) is 3.93. The molecule has 16 heavy (non-hydrogen) atoms. The second-order valence-electron chi connectivity index (χ2n) is 4.97. The molecule has 0 saturated heterocycles. The molecule has 0 aromatic heterocycles. The molecule has 2 unspecified atom stereocenters. The van der Waals surface area contributed by atoms with Crippen molar-refractivity contribution in [3.63, 3.8) is 0 Å². The highest BCUT2D eigenvalue weighted by molar-refractivity contribution is 7.98. The van der Waals surface area contributed by atoms with Crippen molar-refractivity contribution in [2.45, 2.75) is 38.6 Å². The number of fused-ring (bicyclic) bond motifs is 1. The minimum atomic E-state index is 0.535. The highest BCUT2D eigenvalue weighted by atomic mass is 32.2. The quantitative estimate of drug-likeness (QED) is 0.859. The second-order valence-corrected chi connectivity index (χ2v) is 6.00. The average molecular weight is 235 g/mol.